The number of carbonyl (C=O) groups is 4. The van der Waals surface area contributed by atoms with Crippen LogP contribution in [0.1, 0.15) is 16.8 Å². The van der Waals surface area contributed by atoms with E-state index in [1.165, 1.54) is 35.1 Å². The minimum atomic E-state index is -0.525. The number of methoxy groups -OCH3 is 1. The second-order valence-electron chi connectivity index (χ2n) is 9.02. The number of ether oxygens (including phenoxy) is 1. The first-order valence-corrected chi connectivity index (χ1v) is 13.3. The van der Waals surface area contributed by atoms with Crippen molar-refractivity contribution in [2.24, 2.45) is 23.7 Å². The molecule has 0 radical (unpaired) electrons. The van der Waals surface area contributed by atoms with Crippen molar-refractivity contribution in [2.75, 3.05) is 23.1 Å². The van der Waals surface area contributed by atoms with E-state index in [4.69, 9.17) is 4.74 Å². The van der Waals surface area contributed by atoms with Gasteiger partial charge in [0, 0.05) is 0 Å². The van der Waals surface area contributed by atoms with Gasteiger partial charge in [-0.2, -0.15) is 0 Å². The molecule has 1 saturated carbocycles. The van der Waals surface area contributed by atoms with Crippen LogP contribution in [0.3, 0.4) is 0 Å². The van der Waals surface area contributed by atoms with E-state index >= 15 is 0 Å². The number of benzene rings is 2. The highest BCUT2D eigenvalue weighted by atomic mass is 32.2. The summed E-state index contributed by atoms with van der Waals surface area (Å²) in [5, 5.41) is 2.75. The average Bonchev–Trinajstić information content (AvgIpc) is 3.65. The lowest BCUT2D eigenvalue weighted by atomic mass is 9.85. The number of amides is 3. The number of nitrogens with zero attached hydrogens (tertiary/aromatic N) is 2. The highest BCUT2D eigenvalue weighted by molar-refractivity contribution is 8.01. The Morgan fingerprint density at radius 3 is 2.56 bits per heavy atom. The number of thioether (sulfide) groups is 1. The van der Waals surface area contributed by atoms with Crippen LogP contribution in [0, 0.1) is 23.7 Å². The molecule has 3 aliphatic rings. The summed E-state index contributed by atoms with van der Waals surface area (Å²) in [7, 11) is 1.29. The van der Waals surface area contributed by atoms with Crippen LogP contribution in [-0.4, -0.2) is 41.5 Å². The Morgan fingerprint density at radius 1 is 1.11 bits per heavy atom. The molecule has 1 aliphatic heterocycles. The second kappa shape index (κ2) is 8.86. The number of rotatable bonds is 6. The molecule has 8 nitrogen and oxygen atoms in total. The zero-order valence-corrected chi connectivity index (χ0v) is 20.8. The molecule has 2 bridgehead atoms. The molecule has 182 valence electrons. The summed E-state index contributed by atoms with van der Waals surface area (Å²) in [6, 6.07) is 12.1. The van der Waals surface area contributed by atoms with Crippen molar-refractivity contribution < 1.29 is 23.9 Å². The molecule has 1 aromatic heterocycles. The second-order valence-corrected chi connectivity index (χ2v) is 11.3. The van der Waals surface area contributed by atoms with E-state index in [2.05, 4.69) is 22.5 Å². The number of fused-ring (bicyclic) bond motifs is 6. The van der Waals surface area contributed by atoms with Crippen LogP contribution in [0.15, 0.2) is 59.0 Å². The van der Waals surface area contributed by atoms with Crippen molar-refractivity contribution >= 4 is 68.4 Å². The van der Waals surface area contributed by atoms with Crippen molar-refractivity contribution in [2.45, 2.75) is 10.8 Å². The SMILES string of the molecule is COC(=O)c1ccccc1NC(=O)CSc1nc2ccc(N3C(=O)[C@@H]4[C@@H](C3=O)[C@H]3C=C[C@H]4C3)cc2s1. The fourth-order valence-corrected chi connectivity index (χ4v) is 7.34. The van der Waals surface area contributed by atoms with Gasteiger partial charge in [-0.3, -0.25) is 14.4 Å². The van der Waals surface area contributed by atoms with E-state index in [1.54, 1.807) is 36.4 Å². The summed E-state index contributed by atoms with van der Waals surface area (Å²) >= 11 is 2.68. The van der Waals surface area contributed by atoms with Crippen molar-refractivity contribution in [3.8, 4) is 0 Å². The molecule has 36 heavy (non-hydrogen) atoms. The van der Waals surface area contributed by atoms with E-state index in [0.29, 0.717) is 15.7 Å². The first kappa shape index (κ1) is 22.9. The predicted octanol–water partition coefficient (Wildman–Crippen LogP) is 4.13. The van der Waals surface area contributed by atoms with E-state index < -0.39 is 5.97 Å². The number of para-hydroxylation sites is 1. The Kier molecular flexibility index (Phi) is 5.65. The van der Waals surface area contributed by atoms with Gasteiger partial charge < -0.3 is 10.1 Å². The Bertz CT molecular complexity index is 1430. The fraction of sp³-hybridized carbons (Fsp3) is 0.269. The monoisotopic (exact) mass is 519 g/mol. The molecule has 0 unspecified atom stereocenters. The van der Waals surface area contributed by atoms with Crippen LogP contribution in [-0.2, 0) is 19.1 Å². The zero-order valence-electron chi connectivity index (χ0n) is 19.2. The maximum absolute atomic E-state index is 13.1. The molecule has 3 aromatic rings. The van der Waals surface area contributed by atoms with Crippen molar-refractivity contribution in [3.05, 3.63) is 60.2 Å². The molecule has 2 aromatic carbocycles. The van der Waals surface area contributed by atoms with Crippen LogP contribution < -0.4 is 10.2 Å². The standard InChI is InChI=1S/C26H21N3O5S2/c1-34-25(33)16-4-2-3-5-17(16)27-20(30)12-35-26-28-18-9-8-15(11-19(18)36-26)29-23(31)21-13-6-7-14(10-13)22(21)24(29)32/h2-9,11,13-14,21-22H,10,12H2,1H3,(H,27,30)/t13-,14-,21-,22-/m0/s1. The average molecular weight is 520 g/mol. The number of esters is 1. The van der Waals surface area contributed by atoms with Crippen LogP contribution in [0.5, 0.6) is 0 Å². The number of imide groups is 1. The number of hydrogen-bond acceptors (Lipinski definition) is 8. The summed E-state index contributed by atoms with van der Waals surface area (Å²) in [5.41, 5.74) is 1.98. The van der Waals surface area contributed by atoms with Gasteiger partial charge in [0.05, 0.1) is 51.9 Å². The maximum Gasteiger partial charge on any atom is 0.339 e. The molecule has 2 aliphatic carbocycles. The van der Waals surface area contributed by atoms with Crippen LogP contribution in [0.25, 0.3) is 10.2 Å². The van der Waals surface area contributed by atoms with Crippen molar-refractivity contribution in [3.63, 3.8) is 0 Å². The van der Waals surface area contributed by atoms with E-state index in [9.17, 15) is 19.2 Å². The highest BCUT2D eigenvalue weighted by Crippen LogP contribution is 2.53. The summed E-state index contributed by atoms with van der Waals surface area (Å²) in [5.74, 6) is -1.05. The number of anilines is 2. The number of carbonyl (C=O) groups excluding carboxylic acids is 4. The number of aromatic nitrogens is 1. The largest absolute Gasteiger partial charge is 0.465 e. The minimum Gasteiger partial charge on any atom is -0.465 e. The predicted molar refractivity (Wildman–Crippen MR) is 137 cm³/mol. The van der Waals surface area contributed by atoms with Crippen LogP contribution in [0.2, 0.25) is 0 Å². The molecule has 3 amide bonds. The third-order valence-electron chi connectivity index (χ3n) is 7.01. The molecule has 1 N–H and O–H groups in total. The Labute approximate surface area is 214 Å². The lowest BCUT2D eigenvalue weighted by Crippen LogP contribution is -2.32. The molecule has 1 saturated heterocycles. The third kappa shape index (κ3) is 3.72. The lowest BCUT2D eigenvalue weighted by molar-refractivity contribution is -0.123. The zero-order chi connectivity index (χ0) is 25.0. The molecule has 10 heteroatoms. The Hall–Kier alpha value is -3.50. The lowest BCUT2D eigenvalue weighted by Gasteiger charge is -2.17. The van der Waals surface area contributed by atoms with E-state index in [0.717, 1.165) is 16.6 Å². The van der Waals surface area contributed by atoms with Gasteiger partial charge in [-0.15, -0.1) is 11.3 Å². The summed E-state index contributed by atoms with van der Waals surface area (Å²) in [6.07, 6.45) is 5.07. The smallest absolute Gasteiger partial charge is 0.339 e. The molecule has 0 spiro atoms. The summed E-state index contributed by atoms with van der Waals surface area (Å²) in [6.45, 7) is 0. The first-order chi connectivity index (χ1) is 17.4. The number of thiazole rings is 1. The minimum absolute atomic E-state index is 0.102. The number of hydrogen-bond donors (Lipinski definition) is 1. The van der Waals surface area contributed by atoms with Gasteiger partial charge in [0.2, 0.25) is 17.7 Å². The molecule has 4 atom stereocenters. The van der Waals surface area contributed by atoms with Crippen molar-refractivity contribution in [1.29, 1.82) is 0 Å². The molecule has 6 rings (SSSR count). The quantitative estimate of drug-likeness (QED) is 0.226. The van der Waals surface area contributed by atoms with Crippen LogP contribution >= 0.6 is 23.1 Å². The van der Waals surface area contributed by atoms with Gasteiger partial charge in [0.15, 0.2) is 4.34 Å². The highest BCUT2D eigenvalue weighted by Gasteiger charge is 2.59. The Balaban J connectivity index is 1.15. The fourth-order valence-electron chi connectivity index (χ4n) is 5.44. The van der Waals surface area contributed by atoms with Gasteiger partial charge >= 0.3 is 5.97 Å². The van der Waals surface area contributed by atoms with Gasteiger partial charge in [0.25, 0.3) is 0 Å². The van der Waals surface area contributed by atoms with E-state index in [1.807, 2.05) is 6.07 Å². The normalized spacial score (nSPS) is 24.0. The third-order valence-corrected chi connectivity index (χ3v) is 9.18. The summed E-state index contributed by atoms with van der Waals surface area (Å²) < 4.78 is 6.29. The molecule has 2 fully saturated rings. The van der Waals surface area contributed by atoms with Crippen LogP contribution in [0.4, 0.5) is 11.4 Å². The first-order valence-electron chi connectivity index (χ1n) is 11.5. The van der Waals surface area contributed by atoms with E-state index in [-0.39, 0.29) is 52.7 Å². The van der Waals surface area contributed by atoms with Crippen molar-refractivity contribution in [1.82, 2.24) is 4.98 Å². The summed E-state index contributed by atoms with van der Waals surface area (Å²) in [4.78, 5) is 56.6. The number of nitrogens with one attached hydrogen (secondary N) is 1. The topological polar surface area (TPSA) is 106 Å². The van der Waals surface area contributed by atoms with Gasteiger partial charge in [0.1, 0.15) is 0 Å². The molecular weight excluding hydrogens is 498 g/mol. The maximum atomic E-state index is 13.1. The van der Waals surface area contributed by atoms with Gasteiger partial charge in [-0.25, -0.2) is 14.7 Å². The number of allylic oxidation sites excluding steroid dienone is 2. The molecular formula is C26H21N3O5S2. The van der Waals surface area contributed by atoms with Gasteiger partial charge in [-0.05, 0) is 48.6 Å². The molecule has 2 heterocycles. The van der Waals surface area contributed by atoms with Gasteiger partial charge in [-0.1, -0.05) is 36.0 Å². The Morgan fingerprint density at radius 2 is 1.83 bits per heavy atom.